The number of ether oxygens (including phenoxy) is 3. The molecule has 0 saturated carbocycles. The lowest BCUT2D eigenvalue weighted by Gasteiger charge is -2.15. The zero-order valence-electron chi connectivity index (χ0n) is 10.8. The molecule has 0 bridgehead atoms. The van der Waals surface area contributed by atoms with E-state index in [-0.39, 0.29) is 12.7 Å². The highest BCUT2D eigenvalue weighted by Gasteiger charge is 2.29. The Bertz CT molecular complexity index is 284. The molecule has 0 aromatic rings. The van der Waals surface area contributed by atoms with E-state index in [1.807, 2.05) is 0 Å². The molecular weight excluding hydrogens is 240 g/mol. The molecule has 6 heteroatoms. The lowest BCUT2D eigenvalue weighted by atomic mass is 10.00. The Labute approximate surface area is 106 Å². The highest BCUT2D eigenvalue weighted by molar-refractivity contribution is 5.98. The van der Waals surface area contributed by atoms with Crippen LogP contribution >= 0.6 is 0 Å². The Hall–Kier alpha value is -0.980. The smallest absolute Gasteiger partial charge is 0.319 e. The number of aliphatic hydroxyl groups excluding tert-OH is 1. The summed E-state index contributed by atoms with van der Waals surface area (Å²) in [5.41, 5.74) is 0. The standard InChI is InChI=1S/C12H20O6/c1-8(13)11(9(2)14)12(15)17-5-3-4-16-6-10-7-18-10/h8,10-11,13H,3-7H2,1-2H3. The van der Waals surface area contributed by atoms with E-state index in [0.29, 0.717) is 19.6 Å². The van der Waals surface area contributed by atoms with Crippen LogP contribution < -0.4 is 0 Å². The van der Waals surface area contributed by atoms with Crippen molar-refractivity contribution in [3.8, 4) is 0 Å². The molecule has 1 fully saturated rings. The summed E-state index contributed by atoms with van der Waals surface area (Å²) in [6.07, 6.45) is -0.244. The number of carbonyl (C=O) groups excluding carboxylic acids is 2. The average molecular weight is 260 g/mol. The lowest BCUT2D eigenvalue weighted by molar-refractivity contribution is -0.155. The minimum Gasteiger partial charge on any atom is -0.465 e. The maximum absolute atomic E-state index is 11.5. The van der Waals surface area contributed by atoms with Crippen LogP contribution in [-0.2, 0) is 23.8 Å². The fraction of sp³-hybridized carbons (Fsp3) is 0.833. The van der Waals surface area contributed by atoms with Gasteiger partial charge in [-0.1, -0.05) is 0 Å². The predicted molar refractivity (Wildman–Crippen MR) is 62.0 cm³/mol. The van der Waals surface area contributed by atoms with Gasteiger partial charge in [0.2, 0.25) is 0 Å². The van der Waals surface area contributed by atoms with E-state index in [1.165, 1.54) is 13.8 Å². The molecule has 0 radical (unpaired) electrons. The van der Waals surface area contributed by atoms with E-state index in [1.54, 1.807) is 0 Å². The van der Waals surface area contributed by atoms with Gasteiger partial charge in [0.1, 0.15) is 17.8 Å². The van der Waals surface area contributed by atoms with Gasteiger partial charge in [-0.15, -0.1) is 0 Å². The van der Waals surface area contributed by atoms with Gasteiger partial charge < -0.3 is 19.3 Å². The Morgan fingerprint density at radius 2 is 2.11 bits per heavy atom. The molecule has 6 nitrogen and oxygen atoms in total. The van der Waals surface area contributed by atoms with E-state index in [9.17, 15) is 14.7 Å². The average Bonchev–Trinajstić information content (AvgIpc) is 3.05. The number of Topliss-reactive ketones (excluding diaryl/α,β-unsaturated/α-hetero) is 1. The summed E-state index contributed by atoms with van der Waals surface area (Å²) in [6.45, 7) is 4.64. The fourth-order valence-corrected chi connectivity index (χ4v) is 1.51. The van der Waals surface area contributed by atoms with Gasteiger partial charge in [0.15, 0.2) is 0 Å². The Morgan fingerprint density at radius 1 is 1.44 bits per heavy atom. The van der Waals surface area contributed by atoms with Gasteiger partial charge in [0, 0.05) is 13.0 Å². The van der Waals surface area contributed by atoms with Gasteiger partial charge in [0.05, 0.1) is 25.9 Å². The molecule has 104 valence electrons. The number of carbonyl (C=O) groups is 2. The van der Waals surface area contributed by atoms with Crippen molar-refractivity contribution >= 4 is 11.8 Å². The quantitative estimate of drug-likeness (QED) is 0.270. The first-order chi connectivity index (χ1) is 8.52. The van der Waals surface area contributed by atoms with Crippen molar-refractivity contribution in [3.63, 3.8) is 0 Å². The summed E-state index contributed by atoms with van der Waals surface area (Å²) in [4.78, 5) is 22.7. The molecule has 18 heavy (non-hydrogen) atoms. The van der Waals surface area contributed by atoms with Gasteiger partial charge in [-0.3, -0.25) is 9.59 Å². The molecule has 1 N–H and O–H groups in total. The molecule has 1 aliphatic rings. The number of aliphatic hydroxyl groups is 1. The molecule has 0 aliphatic carbocycles. The maximum Gasteiger partial charge on any atom is 0.319 e. The van der Waals surface area contributed by atoms with Crippen LogP contribution in [0.2, 0.25) is 0 Å². The topological polar surface area (TPSA) is 85.4 Å². The van der Waals surface area contributed by atoms with Crippen LogP contribution in [-0.4, -0.2) is 55.5 Å². The van der Waals surface area contributed by atoms with E-state index < -0.39 is 23.8 Å². The molecule has 1 rings (SSSR count). The van der Waals surface area contributed by atoms with Crippen LogP contribution in [0.15, 0.2) is 0 Å². The van der Waals surface area contributed by atoms with Crippen LogP contribution in [0.1, 0.15) is 20.3 Å². The zero-order chi connectivity index (χ0) is 13.5. The molecule has 3 unspecified atom stereocenters. The Kier molecular flexibility index (Phi) is 6.24. The molecule has 1 aliphatic heterocycles. The lowest BCUT2D eigenvalue weighted by Crippen LogP contribution is -2.33. The number of esters is 1. The number of ketones is 1. The van der Waals surface area contributed by atoms with Crippen molar-refractivity contribution in [1.82, 2.24) is 0 Å². The van der Waals surface area contributed by atoms with E-state index in [4.69, 9.17) is 14.2 Å². The molecule has 0 amide bonds. The molecule has 0 aromatic heterocycles. The van der Waals surface area contributed by atoms with E-state index in [2.05, 4.69) is 0 Å². The highest BCUT2D eigenvalue weighted by atomic mass is 16.6. The molecular formula is C12H20O6. The second-order valence-electron chi connectivity index (χ2n) is 4.38. The van der Waals surface area contributed by atoms with Crippen molar-refractivity contribution in [2.24, 2.45) is 5.92 Å². The van der Waals surface area contributed by atoms with Crippen LogP contribution in [0.4, 0.5) is 0 Å². The third-order valence-corrected chi connectivity index (χ3v) is 2.56. The van der Waals surface area contributed by atoms with Crippen molar-refractivity contribution in [2.75, 3.05) is 26.4 Å². The summed E-state index contributed by atoms with van der Waals surface area (Å²) >= 11 is 0. The van der Waals surface area contributed by atoms with Gasteiger partial charge >= 0.3 is 5.97 Å². The zero-order valence-corrected chi connectivity index (χ0v) is 10.8. The summed E-state index contributed by atoms with van der Waals surface area (Å²) in [7, 11) is 0. The SMILES string of the molecule is CC(=O)C(C(=O)OCCCOCC1CO1)C(C)O. The fourth-order valence-electron chi connectivity index (χ4n) is 1.51. The van der Waals surface area contributed by atoms with Crippen LogP contribution in [0.3, 0.4) is 0 Å². The monoisotopic (exact) mass is 260 g/mol. The summed E-state index contributed by atoms with van der Waals surface area (Å²) in [5.74, 6) is -2.16. The van der Waals surface area contributed by atoms with Crippen molar-refractivity contribution in [3.05, 3.63) is 0 Å². The molecule has 1 heterocycles. The second-order valence-corrected chi connectivity index (χ2v) is 4.38. The van der Waals surface area contributed by atoms with Gasteiger partial charge in [-0.2, -0.15) is 0 Å². The first-order valence-electron chi connectivity index (χ1n) is 6.07. The van der Waals surface area contributed by atoms with Crippen LogP contribution in [0, 0.1) is 5.92 Å². The van der Waals surface area contributed by atoms with Crippen molar-refractivity contribution < 1.29 is 28.9 Å². The van der Waals surface area contributed by atoms with Gasteiger partial charge in [-0.05, 0) is 13.8 Å². The van der Waals surface area contributed by atoms with Crippen molar-refractivity contribution in [2.45, 2.75) is 32.5 Å². The third kappa shape index (κ3) is 5.57. The second kappa shape index (κ2) is 7.45. The molecule has 3 atom stereocenters. The summed E-state index contributed by atoms with van der Waals surface area (Å²) in [5, 5.41) is 9.30. The largest absolute Gasteiger partial charge is 0.465 e. The highest BCUT2D eigenvalue weighted by Crippen LogP contribution is 2.09. The number of epoxide rings is 1. The predicted octanol–water partition coefficient (Wildman–Crippen LogP) is -0.0789. The maximum atomic E-state index is 11.5. The summed E-state index contributed by atoms with van der Waals surface area (Å²) < 4.78 is 15.1. The van der Waals surface area contributed by atoms with E-state index >= 15 is 0 Å². The van der Waals surface area contributed by atoms with E-state index in [0.717, 1.165) is 6.61 Å². The summed E-state index contributed by atoms with van der Waals surface area (Å²) in [6, 6.07) is 0. The molecule has 1 saturated heterocycles. The van der Waals surface area contributed by atoms with Crippen molar-refractivity contribution in [1.29, 1.82) is 0 Å². The minimum absolute atomic E-state index is 0.181. The van der Waals surface area contributed by atoms with Crippen LogP contribution in [0.5, 0.6) is 0 Å². The molecule has 0 aromatic carbocycles. The molecule has 0 spiro atoms. The number of hydrogen-bond donors (Lipinski definition) is 1. The first kappa shape index (κ1) is 15.1. The normalized spacial score (nSPS) is 21.2. The Morgan fingerprint density at radius 3 is 2.61 bits per heavy atom. The first-order valence-corrected chi connectivity index (χ1v) is 6.07. The minimum atomic E-state index is -1.09. The van der Waals surface area contributed by atoms with Gasteiger partial charge in [0.25, 0.3) is 0 Å². The number of rotatable bonds is 9. The van der Waals surface area contributed by atoms with Gasteiger partial charge in [-0.25, -0.2) is 0 Å². The van der Waals surface area contributed by atoms with Crippen LogP contribution in [0.25, 0.3) is 0 Å². The Balaban J connectivity index is 2.08. The number of hydrogen-bond acceptors (Lipinski definition) is 6. The third-order valence-electron chi connectivity index (χ3n) is 2.56.